The number of nitrogens with one attached hydrogen (secondary N) is 1. The third-order valence-electron chi connectivity index (χ3n) is 4.89. The lowest BCUT2D eigenvalue weighted by atomic mass is 9.92. The van der Waals surface area contributed by atoms with Gasteiger partial charge in [0.15, 0.2) is 0 Å². The highest BCUT2D eigenvalue weighted by Crippen LogP contribution is 2.35. The molecule has 128 valence electrons. The number of nitrogens with zero attached hydrogens (tertiary/aromatic N) is 2. The highest BCUT2D eigenvalue weighted by molar-refractivity contribution is 5.95. The molecule has 2 fully saturated rings. The van der Waals surface area contributed by atoms with E-state index < -0.39 is 0 Å². The predicted molar refractivity (Wildman–Crippen MR) is 91.9 cm³/mol. The first-order valence-electron chi connectivity index (χ1n) is 8.39. The van der Waals surface area contributed by atoms with Gasteiger partial charge in [-0.2, -0.15) is 0 Å². The molecule has 2 amide bonds. The number of anilines is 1. The number of likely N-dealkylation sites (tertiary alicyclic amines) is 1. The molecular formula is C19H19N3O3. The molecule has 6 nitrogen and oxygen atoms in total. The van der Waals surface area contributed by atoms with E-state index in [4.69, 9.17) is 4.74 Å². The zero-order chi connectivity index (χ0) is 17.2. The second-order valence-electron chi connectivity index (χ2n) is 6.45. The number of rotatable bonds is 3. The first kappa shape index (κ1) is 15.8. The Hall–Kier alpha value is -2.73. The van der Waals surface area contributed by atoms with Crippen molar-refractivity contribution in [2.45, 2.75) is 6.10 Å². The SMILES string of the molecule is O=C(Nc1cccnc1)[C@@H]1CO[C@@H]2CN(C(=O)c3ccccc3)C[C@@H]21. The molecule has 0 radical (unpaired) electrons. The standard InChI is InChI=1S/C19H19N3O3/c23-18(21-14-7-4-8-20-9-14)16-12-25-17-11-22(10-15(16)17)19(24)13-5-2-1-3-6-13/h1-9,15-17H,10-12H2,(H,21,23)/t15-,16-,17-/m1/s1. The van der Waals surface area contributed by atoms with Gasteiger partial charge >= 0.3 is 0 Å². The molecule has 1 N–H and O–H groups in total. The Balaban J connectivity index is 1.43. The highest BCUT2D eigenvalue weighted by Gasteiger charge is 2.48. The van der Waals surface area contributed by atoms with Gasteiger partial charge in [0.05, 0.1) is 30.5 Å². The Morgan fingerprint density at radius 1 is 1.12 bits per heavy atom. The van der Waals surface area contributed by atoms with Crippen LogP contribution in [0, 0.1) is 11.8 Å². The Labute approximate surface area is 145 Å². The van der Waals surface area contributed by atoms with Crippen LogP contribution < -0.4 is 5.32 Å². The third kappa shape index (κ3) is 3.13. The van der Waals surface area contributed by atoms with Gasteiger partial charge in [0.2, 0.25) is 5.91 Å². The lowest BCUT2D eigenvalue weighted by Gasteiger charge is -2.19. The van der Waals surface area contributed by atoms with Gasteiger partial charge in [-0.1, -0.05) is 18.2 Å². The summed E-state index contributed by atoms with van der Waals surface area (Å²) in [4.78, 5) is 31.0. The molecule has 4 rings (SSSR count). The van der Waals surface area contributed by atoms with E-state index in [1.807, 2.05) is 30.3 Å². The van der Waals surface area contributed by atoms with Gasteiger partial charge in [-0.3, -0.25) is 14.6 Å². The summed E-state index contributed by atoms with van der Waals surface area (Å²) in [7, 11) is 0. The lowest BCUT2D eigenvalue weighted by Crippen LogP contribution is -2.34. The average molecular weight is 337 g/mol. The van der Waals surface area contributed by atoms with Crippen LogP contribution in [-0.2, 0) is 9.53 Å². The van der Waals surface area contributed by atoms with Crippen molar-refractivity contribution >= 4 is 17.5 Å². The van der Waals surface area contributed by atoms with Crippen LogP contribution in [0.2, 0.25) is 0 Å². The third-order valence-corrected chi connectivity index (χ3v) is 4.89. The molecular weight excluding hydrogens is 318 g/mol. The lowest BCUT2D eigenvalue weighted by molar-refractivity contribution is -0.120. The summed E-state index contributed by atoms with van der Waals surface area (Å²) in [6.07, 6.45) is 3.21. The number of carbonyl (C=O) groups excluding carboxylic acids is 2. The Morgan fingerprint density at radius 3 is 2.72 bits per heavy atom. The second kappa shape index (κ2) is 6.64. The fraction of sp³-hybridized carbons (Fsp3) is 0.316. The summed E-state index contributed by atoms with van der Waals surface area (Å²) < 4.78 is 5.79. The van der Waals surface area contributed by atoms with E-state index in [2.05, 4.69) is 10.3 Å². The highest BCUT2D eigenvalue weighted by atomic mass is 16.5. The van der Waals surface area contributed by atoms with E-state index in [1.165, 1.54) is 0 Å². The van der Waals surface area contributed by atoms with Crippen molar-refractivity contribution in [3.05, 3.63) is 60.4 Å². The molecule has 2 aliphatic rings. The molecule has 0 unspecified atom stereocenters. The van der Waals surface area contributed by atoms with Crippen LogP contribution in [0.5, 0.6) is 0 Å². The molecule has 2 saturated heterocycles. The minimum absolute atomic E-state index is 0.00924. The molecule has 0 bridgehead atoms. The van der Waals surface area contributed by atoms with Crippen LogP contribution in [-0.4, -0.2) is 47.5 Å². The van der Waals surface area contributed by atoms with Crippen molar-refractivity contribution in [1.29, 1.82) is 0 Å². The molecule has 1 aromatic heterocycles. The summed E-state index contributed by atoms with van der Waals surface area (Å²) in [5, 5.41) is 2.89. The molecule has 0 saturated carbocycles. The first-order valence-corrected chi connectivity index (χ1v) is 8.39. The topological polar surface area (TPSA) is 71.5 Å². The van der Waals surface area contributed by atoms with Crippen LogP contribution in [0.4, 0.5) is 5.69 Å². The van der Waals surface area contributed by atoms with Crippen molar-refractivity contribution in [3.63, 3.8) is 0 Å². The van der Waals surface area contributed by atoms with Crippen LogP contribution in [0.25, 0.3) is 0 Å². The molecule has 0 aliphatic carbocycles. The molecule has 1 aromatic carbocycles. The number of amides is 2. The van der Waals surface area contributed by atoms with E-state index in [-0.39, 0.29) is 29.8 Å². The largest absolute Gasteiger partial charge is 0.375 e. The Bertz CT molecular complexity index is 766. The van der Waals surface area contributed by atoms with Crippen LogP contribution >= 0.6 is 0 Å². The van der Waals surface area contributed by atoms with Gasteiger partial charge in [-0.15, -0.1) is 0 Å². The number of hydrogen-bond acceptors (Lipinski definition) is 4. The Morgan fingerprint density at radius 2 is 1.96 bits per heavy atom. The number of ether oxygens (including phenoxy) is 1. The molecule has 3 heterocycles. The molecule has 25 heavy (non-hydrogen) atoms. The first-order chi connectivity index (χ1) is 12.2. The van der Waals surface area contributed by atoms with Gasteiger partial charge in [-0.25, -0.2) is 0 Å². The number of hydrogen-bond donors (Lipinski definition) is 1. The molecule has 6 heteroatoms. The number of aromatic nitrogens is 1. The van der Waals surface area contributed by atoms with E-state index in [0.29, 0.717) is 30.9 Å². The fourth-order valence-corrected chi connectivity index (χ4v) is 3.58. The van der Waals surface area contributed by atoms with Gasteiger partial charge in [0.25, 0.3) is 5.91 Å². The van der Waals surface area contributed by atoms with Crippen molar-refractivity contribution < 1.29 is 14.3 Å². The molecule has 2 aromatic rings. The number of pyridine rings is 1. The maximum atomic E-state index is 12.6. The van der Waals surface area contributed by atoms with Crippen molar-refractivity contribution in [2.24, 2.45) is 11.8 Å². The summed E-state index contributed by atoms with van der Waals surface area (Å²) in [6, 6.07) is 12.8. The summed E-state index contributed by atoms with van der Waals surface area (Å²) in [6.45, 7) is 1.48. The Kier molecular flexibility index (Phi) is 4.19. The average Bonchev–Trinajstić information content (AvgIpc) is 3.23. The van der Waals surface area contributed by atoms with Gasteiger partial charge < -0.3 is 15.0 Å². The molecule has 3 atom stereocenters. The monoisotopic (exact) mass is 337 g/mol. The zero-order valence-corrected chi connectivity index (χ0v) is 13.7. The van der Waals surface area contributed by atoms with Crippen molar-refractivity contribution in [1.82, 2.24) is 9.88 Å². The molecule has 0 spiro atoms. The predicted octanol–water partition coefficient (Wildman–Crippen LogP) is 1.81. The summed E-state index contributed by atoms with van der Waals surface area (Å²) in [5.41, 5.74) is 1.34. The quantitative estimate of drug-likeness (QED) is 0.927. The maximum absolute atomic E-state index is 12.6. The van der Waals surface area contributed by atoms with Crippen molar-refractivity contribution in [3.8, 4) is 0 Å². The number of fused-ring (bicyclic) bond motifs is 1. The summed E-state index contributed by atoms with van der Waals surface area (Å²) >= 11 is 0. The minimum Gasteiger partial charge on any atom is -0.375 e. The number of benzene rings is 1. The van der Waals surface area contributed by atoms with Crippen LogP contribution in [0.15, 0.2) is 54.9 Å². The van der Waals surface area contributed by atoms with E-state index in [1.54, 1.807) is 29.4 Å². The second-order valence-corrected chi connectivity index (χ2v) is 6.45. The van der Waals surface area contributed by atoms with E-state index in [0.717, 1.165) is 0 Å². The van der Waals surface area contributed by atoms with Gasteiger partial charge in [-0.05, 0) is 24.3 Å². The van der Waals surface area contributed by atoms with Crippen LogP contribution in [0.1, 0.15) is 10.4 Å². The van der Waals surface area contributed by atoms with E-state index >= 15 is 0 Å². The summed E-state index contributed by atoms with van der Waals surface area (Å²) in [5.74, 6) is -0.303. The minimum atomic E-state index is -0.251. The zero-order valence-electron chi connectivity index (χ0n) is 13.7. The van der Waals surface area contributed by atoms with Gasteiger partial charge in [0, 0.05) is 30.8 Å². The maximum Gasteiger partial charge on any atom is 0.253 e. The number of carbonyl (C=O) groups is 2. The molecule has 2 aliphatic heterocycles. The van der Waals surface area contributed by atoms with Crippen molar-refractivity contribution in [2.75, 3.05) is 25.0 Å². The van der Waals surface area contributed by atoms with Crippen LogP contribution in [0.3, 0.4) is 0 Å². The fourth-order valence-electron chi connectivity index (χ4n) is 3.58. The smallest absolute Gasteiger partial charge is 0.253 e. The normalized spacial score (nSPS) is 24.8. The van der Waals surface area contributed by atoms with E-state index in [9.17, 15) is 9.59 Å². The van der Waals surface area contributed by atoms with Gasteiger partial charge in [0.1, 0.15) is 0 Å².